The number of allylic oxidation sites excluding steroid dienone is 1. The maximum absolute atomic E-state index is 13.9. The Bertz CT molecular complexity index is 842. The number of ether oxygens (including phenoxy) is 1. The number of Topliss-reactive ketones (excluding diaryl/α,β-unsaturated/α-hetero) is 1. The van der Waals surface area contributed by atoms with E-state index in [-0.39, 0.29) is 22.5 Å². The minimum absolute atomic E-state index is 0.0560. The van der Waals surface area contributed by atoms with Crippen LogP contribution in [0.25, 0.3) is 0 Å². The van der Waals surface area contributed by atoms with E-state index >= 15 is 0 Å². The van der Waals surface area contributed by atoms with Crippen LogP contribution in [0.3, 0.4) is 0 Å². The van der Waals surface area contributed by atoms with Crippen molar-refractivity contribution in [1.29, 1.82) is 0 Å². The molecule has 7 nitrogen and oxygen atoms in total. The third-order valence-corrected chi connectivity index (χ3v) is 11.6. The van der Waals surface area contributed by atoms with Gasteiger partial charge in [0.15, 0.2) is 19.7 Å². The predicted molar refractivity (Wildman–Crippen MR) is 122 cm³/mol. The molecule has 1 N–H and O–H groups in total. The molecule has 0 radical (unpaired) electrons. The highest BCUT2D eigenvalue weighted by molar-refractivity contribution is 6.74. The fraction of sp³-hybridized carbons (Fsp3) is 0.739. The lowest BCUT2D eigenvalue weighted by Crippen LogP contribution is -2.64. The van der Waals surface area contributed by atoms with Crippen molar-refractivity contribution in [3.63, 3.8) is 0 Å². The molecule has 1 aromatic heterocycles. The number of carbonyl (C=O) groups is 1. The Kier molecular flexibility index (Phi) is 6.60. The highest BCUT2D eigenvalue weighted by Crippen LogP contribution is 2.52. The molecule has 31 heavy (non-hydrogen) atoms. The van der Waals surface area contributed by atoms with Crippen molar-refractivity contribution >= 4 is 14.1 Å². The highest BCUT2D eigenvalue weighted by atomic mass is 28.4. The van der Waals surface area contributed by atoms with Gasteiger partial charge in [0.25, 0.3) is 5.88 Å². The molecular formula is C23H38N2O5Si. The number of carbonyl (C=O) groups excluding carboxylic acids is 1. The number of nitrogens with zero attached hydrogens (tertiary/aromatic N) is 2. The monoisotopic (exact) mass is 450 g/mol. The number of hydrogen-bond donors (Lipinski definition) is 1. The van der Waals surface area contributed by atoms with Gasteiger partial charge < -0.3 is 18.8 Å². The predicted octanol–water partition coefficient (Wildman–Crippen LogP) is 4.35. The fourth-order valence-electron chi connectivity index (χ4n) is 4.26. The summed E-state index contributed by atoms with van der Waals surface area (Å²) in [5, 5.41) is 16.1. The summed E-state index contributed by atoms with van der Waals surface area (Å²) in [5.41, 5.74) is -1.45. The van der Waals surface area contributed by atoms with Gasteiger partial charge in [-0.3, -0.25) is 9.69 Å². The summed E-state index contributed by atoms with van der Waals surface area (Å²) >= 11 is 0. The summed E-state index contributed by atoms with van der Waals surface area (Å²) in [4.78, 5) is 15.8. The zero-order valence-corrected chi connectivity index (χ0v) is 21.2. The van der Waals surface area contributed by atoms with Gasteiger partial charge in [-0.25, -0.2) is 0 Å². The normalized spacial score (nSPS) is 28.6. The van der Waals surface area contributed by atoms with Crippen molar-refractivity contribution in [1.82, 2.24) is 10.1 Å². The molecule has 1 aromatic rings. The number of aliphatic hydroxyl groups is 1. The molecule has 3 rings (SSSR count). The largest absolute Gasteiger partial charge is 0.475 e. The summed E-state index contributed by atoms with van der Waals surface area (Å²) < 4.78 is 18.0. The molecule has 0 aliphatic heterocycles. The van der Waals surface area contributed by atoms with Gasteiger partial charge in [-0.05, 0) is 50.2 Å². The molecule has 0 fully saturated rings. The lowest BCUT2D eigenvalue weighted by molar-refractivity contribution is -0.0931. The van der Waals surface area contributed by atoms with Crippen LogP contribution >= 0.6 is 0 Å². The van der Waals surface area contributed by atoms with Gasteiger partial charge in [-0.1, -0.05) is 46.3 Å². The molecule has 2 aliphatic rings. The first kappa shape index (κ1) is 24.2. The molecule has 0 bridgehead atoms. The van der Waals surface area contributed by atoms with E-state index in [1.165, 1.54) is 0 Å². The number of unbranched alkanes of at least 4 members (excludes halogenated alkanes) is 1. The smallest absolute Gasteiger partial charge is 0.265 e. The average Bonchev–Trinajstić information content (AvgIpc) is 3.06. The number of ketones is 1. The number of hydrogen-bond acceptors (Lipinski definition) is 7. The molecule has 0 saturated heterocycles. The first-order valence-corrected chi connectivity index (χ1v) is 14.2. The van der Waals surface area contributed by atoms with Crippen LogP contribution in [-0.4, -0.2) is 61.7 Å². The zero-order valence-electron chi connectivity index (χ0n) is 20.2. The Hall–Kier alpha value is -1.48. The van der Waals surface area contributed by atoms with E-state index in [0.29, 0.717) is 18.8 Å². The summed E-state index contributed by atoms with van der Waals surface area (Å²) in [7, 11) is 1.59. The summed E-state index contributed by atoms with van der Waals surface area (Å²) in [6, 6.07) is -0.316. The van der Waals surface area contributed by atoms with Crippen LogP contribution in [0.4, 0.5) is 0 Å². The molecule has 0 aromatic carbocycles. The average molecular weight is 451 g/mol. The summed E-state index contributed by atoms with van der Waals surface area (Å²) in [6.45, 7) is 13.2. The Morgan fingerprint density at radius 1 is 1.35 bits per heavy atom. The first-order valence-electron chi connectivity index (χ1n) is 11.3. The van der Waals surface area contributed by atoms with Crippen molar-refractivity contribution in [2.45, 2.75) is 82.8 Å². The number of fused-ring (bicyclic) bond motifs is 2. The van der Waals surface area contributed by atoms with Gasteiger partial charge in [-0.15, -0.1) is 0 Å². The maximum Gasteiger partial charge on any atom is 0.265 e. The van der Waals surface area contributed by atoms with E-state index in [4.69, 9.17) is 13.7 Å². The van der Waals surface area contributed by atoms with Gasteiger partial charge >= 0.3 is 0 Å². The minimum Gasteiger partial charge on any atom is -0.475 e. The summed E-state index contributed by atoms with van der Waals surface area (Å²) in [5.74, 6) is -0.171. The maximum atomic E-state index is 13.9. The van der Waals surface area contributed by atoms with Crippen LogP contribution in [0.15, 0.2) is 16.7 Å². The number of aromatic nitrogens is 1. The topological polar surface area (TPSA) is 85.0 Å². The Balaban J connectivity index is 2.08. The molecule has 8 heteroatoms. The van der Waals surface area contributed by atoms with E-state index < -0.39 is 31.7 Å². The van der Waals surface area contributed by atoms with Crippen molar-refractivity contribution in [3.8, 4) is 5.88 Å². The first-order chi connectivity index (χ1) is 14.4. The van der Waals surface area contributed by atoms with Crippen LogP contribution < -0.4 is 4.74 Å². The van der Waals surface area contributed by atoms with Gasteiger partial charge in [-0.2, -0.15) is 0 Å². The quantitative estimate of drug-likeness (QED) is 0.375. The van der Waals surface area contributed by atoms with E-state index in [1.54, 1.807) is 0 Å². The SMILES string of the molecule is CCCCOc1noc2c1C(=O)[C@@]1(O)C(O[Si](C)(C)C(C)(C)C)C=CC[C@H]1[C@@H]2N(C)C. The molecule has 0 spiro atoms. The second kappa shape index (κ2) is 8.46. The van der Waals surface area contributed by atoms with Crippen molar-refractivity contribution in [2.75, 3.05) is 20.7 Å². The van der Waals surface area contributed by atoms with Gasteiger partial charge in [0.1, 0.15) is 11.7 Å². The van der Waals surface area contributed by atoms with Crippen molar-refractivity contribution < 1.29 is 23.6 Å². The van der Waals surface area contributed by atoms with Crippen molar-refractivity contribution in [3.05, 3.63) is 23.5 Å². The van der Waals surface area contributed by atoms with Crippen LogP contribution in [0, 0.1) is 5.92 Å². The van der Waals surface area contributed by atoms with Crippen LogP contribution in [-0.2, 0) is 4.43 Å². The standard InChI is InChI=1S/C23H38N2O5Si/c1-9-10-14-28-21-17-19(29-24-21)18(25(5)6)15-12-11-13-16(23(15,27)20(17)26)30-31(7,8)22(2,3)4/h11,13,15-16,18,27H,9-10,12,14H2,1-8H3/t15-,16?,18-,23-/m0/s1. The van der Waals surface area contributed by atoms with Gasteiger partial charge in [0.05, 0.1) is 12.6 Å². The molecule has 1 unspecified atom stereocenters. The Morgan fingerprint density at radius 2 is 2.03 bits per heavy atom. The minimum atomic E-state index is -2.26. The van der Waals surface area contributed by atoms with E-state index in [9.17, 15) is 9.90 Å². The zero-order chi connectivity index (χ0) is 23.2. The van der Waals surface area contributed by atoms with Crippen LogP contribution in [0.5, 0.6) is 5.88 Å². The second-order valence-corrected chi connectivity index (χ2v) is 15.3. The van der Waals surface area contributed by atoms with Crippen LogP contribution in [0.1, 0.15) is 69.1 Å². The van der Waals surface area contributed by atoms with Gasteiger partial charge in [0.2, 0.25) is 5.78 Å². The fourth-order valence-corrected chi connectivity index (χ4v) is 5.51. The van der Waals surface area contributed by atoms with Crippen molar-refractivity contribution in [2.24, 2.45) is 5.92 Å². The van der Waals surface area contributed by atoms with E-state index in [2.05, 4.69) is 45.9 Å². The van der Waals surface area contributed by atoms with Gasteiger partial charge in [0, 0.05) is 5.92 Å². The third-order valence-electron chi connectivity index (χ3n) is 7.15. The molecule has 174 valence electrons. The lowest BCUT2D eigenvalue weighted by atomic mass is 9.64. The van der Waals surface area contributed by atoms with E-state index in [1.807, 2.05) is 31.1 Å². The van der Waals surface area contributed by atoms with Crippen LogP contribution in [0.2, 0.25) is 18.1 Å². The molecule has 1 heterocycles. The molecule has 4 atom stereocenters. The summed E-state index contributed by atoms with van der Waals surface area (Å²) in [6.07, 6.45) is 5.51. The molecule has 2 aliphatic carbocycles. The second-order valence-electron chi connectivity index (χ2n) is 10.6. The lowest BCUT2D eigenvalue weighted by Gasteiger charge is -2.51. The number of rotatable bonds is 7. The third kappa shape index (κ3) is 4.03. The Morgan fingerprint density at radius 3 is 2.61 bits per heavy atom. The highest BCUT2D eigenvalue weighted by Gasteiger charge is 2.62. The molecule has 0 amide bonds. The molecular weight excluding hydrogens is 412 g/mol. The Labute approximate surface area is 186 Å². The molecule has 0 saturated carbocycles. The van der Waals surface area contributed by atoms with E-state index in [0.717, 1.165) is 12.8 Å².